The first-order valence-electron chi connectivity index (χ1n) is 14.6. The van der Waals surface area contributed by atoms with Crippen molar-refractivity contribution in [2.75, 3.05) is 38.0 Å². The van der Waals surface area contributed by atoms with Crippen molar-refractivity contribution < 1.29 is 14.4 Å². The predicted molar refractivity (Wildman–Crippen MR) is 170 cm³/mol. The van der Waals surface area contributed by atoms with Crippen molar-refractivity contribution in [2.24, 2.45) is 0 Å². The van der Waals surface area contributed by atoms with E-state index in [9.17, 15) is 14.4 Å². The van der Waals surface area contributed by atoms with Gasteiger partial charge in [0.25, 0.3) is 5.91 Å². The highest BCUT2D eigenvalue weighted by Gasteiger charge is 2.28. The van der Waals surface area contributed by atoms with E-state index in [1.165, 1.54) is 27.4 Å². The van der Waals surface area contributed by atoms with Crippen molar-refractivity contribution in [3.8, 4) is 0 Å². The summed E-state index contributed by atoms with van der Waals surface area (Å²) in [7, 11) is 0. The fraction of sp³-hybridized carbons (Fsp3) is 0.294. The molecule has 8 nitrogen and oxygen atoms in total. The van der Waals surface area contributed by atoms with Gasteiger partial charge in [-0.15, -0.1) is 11.3 Å². The standard InChI is InChI=1S/C34H37N5O3S/c1-25(2)39(33(42)28-16-10-5-11-17-28)23-30(40)36-34-35-29(24-43-34)22-31(41)37-18-20-38(21-19-37)32(26-12-6-3-7-13-26)27-14-8-4-9-15-27/h3-17,24-25,32H,18-23H2,1-2H3,(H,35,36,40). The highest BCUT2D eigenvalue weighted by Crippen LogP contribution is 2.29. The van der Waals surface area contributed by atoms with Gasteiger partial charge in [0, 0.05) is 43.2 Å². The minimum Gasteiger partial charge on any atom is -0.340 e. The van der Waals surface area contributed by atoms with Crippen molar-refractivity contribution in [3.63, 3.8) is 0 Å². The predicted octanol–water partition coefficient (Wildman–Crippen LogP) is 5.11. The molecule has 4 aromatic rings. The molecule has 1 saturated heterocycles. The SMILES string of the molecule is CC(C)N(CC(=O)Nc1nc(CC(=O)N2CCN(C(c3ccccc3)c3ccccc3)CC2)cs1)C(=O)c1ccccc1. The van der Waals surface area contributed by atoms with Gasteiger partial charge >= 0.3 is 0 Å². The fourth-order valence-electron chi connectivity index (χ4n) is 5.38. The van der Waals surface area contributed by atoms with E-state index in [0.29, 0.717) is 29.5 Å². The Bertz CT molecular complexity index is 1460. The molecule has 1 aliphatic rings. The number of carbonyl (C=O) groups is 3. The number of nitrogens with one attached hydrogen (secondary N) is 1. The third kappa shape index (κ3) is 7.74. The van der Waals surface area contributed by atoms with Gasteiger partial charge in [0.15, 0.2) is 5.13 Å². The van der Waals surface area contributed by atoms with Gasteiger partial charge in [-0.05, 0) is 37.1 Å². The van der Waals surface area contributed by atoms with Gasteiger partial charge in [0.1, 0.15) is 6.54 Å². The minimum absolute atomic E-state index is 0.0261. The summed E-state index contributed by atoms with van der Waals surface area (Å²) in [6, 6.07) is 29.9. The van der Waals surface area contributed by atoms with E-state index in [1.54, 1.807) is 29.6 Å². The number of hydrogen-bond donors (Lipinski definition) is 1. The molecule has 0 aliphatic carbocycles. The number of aromatic nitrogens is 1. The van der Waals surface area contributed by atoms with E-state index in [0.717, 1.165) is 13.1 Å². The molecule has 3 aromatic carbocycles. The molecule has 1 aromatic heterocycles. The Hall–Kier alpha value is -4.34. The lowest BCUT2D eigenvalue weighted by Crippen LogP contribution is -2.50. The number of rotatable bonds is 10. The third-order valence-corrected chi connectivity index (χ3v) is 8.42. The number of piperazine rings is 1. The zero-order chi connectivity index (χ0) is 30.2. The lowest BCUT2D eigenvalue weighted by atomic mass is 9.96. The number of thiazole rings is 1. The average molecular weight is 596 g/mol. The summed E-state index contributed by atoms with van der Waals surface area (Å²) < 4.78 is 0. The molecule has 0 radical (unpaired) electrons. The van der Waals surface area contributed by atoms with Crippen LogP contribution in [0.5, 0.6) is 0 Å². The normalized spacial score (nSPS) is 13.7. The lowest BCUT2D eigenvalue weighted by molar-refractivity contribution is -0.132. The van der Waals surface area contributed by atoms with Crippen molar-refractivity contribution in [3.05, 3.63) is 119 Å². The van der Waals surface area contributed by atoms with E-state index in [-0.39, 0.29) is 42.8 Å². The van der Waals surface area contributed by atoms with Crippen molar-refractivity contribution in [1.82, 2.24) is 19.7 Å². The minimum atomic E-state index is -0.326. The van der Waals surface area contributed by atoms with Crippen LogP contribution in [-0.2, 0) is 16.0 Å². The maximum absolute atomic E-state index is 13.2. The van der Waals surface area contributed by atoms with E-state index in [2.05, 4.69) is 63.7 Å². The summed E-state index contributed by atoms with van der Waals surface area (Å²) >= 11 is 1.28. The molecular formula is C34H37N5O3S. The molecule has 1 aliphatic heterocycles. The molecule has 43 heavy (non-hydrogen) atoms. The van der Waals surface area contributed by atoms with Gasteiger partial charge in [0.05, 0.1) is 18.2 Å². The topological polar surface area (TPSA) is 85.8 Å². The zero-order valence-corrected chi connectivity index (χ0v) is 25.4. The Kier molecular flexibility index (Phi) is 9.96. The molecule has 0 spiro atoms. The number of anilines is 1. The second-order valence-electron chi connectivity index (χ2n) is 10.9. The highest BCUT2D eigenvalue weighted by atomic mass is 32.1. The molecule has 222 valence electrons. The molecule has 0 bridgehead atoms. The highest BCUT2D eigenvalue weighted by molar-refractivity contribution is 7.13. The van der Waals surface area contributed by atoms with Gasteiger partial charge in [0.2, 0.25) is 11.8 Å². The zero-order valence-electron chi connectivity index (χ0n) is 24.6. The van der Waals surface area contributed by atoms with E-state index in [4.69, 9.17) is 0 Å². The largest absolute Gasteiger partial charge is 0.340 e. The van der Waals surface area contributed by atoms with E-state index >= 15 is 0 Å². The van der Waals surface area contributed by atoms with Gasteiger partial charge in [-0.25, -0.2) is 4.98 Å². The quantitative estimate of drug-likeness (QED) is 0.276. The van der Waals surface area contributed by atoms with Crippen LogP contribution in [0.1, 0.15) is 47.1 Å². The van der Waals surface area contributed by atoms with Gasteiger partial charge in [-0.2, -0.15) is 0 Å². The Morgan fingerprint density at radius 2 is 1.40 bits per heavy atom. The Labute approximate surface area is 257 Å². The van der Waals surface area contributed by atoms with E-state index in [1.807, 2.05) is 36.9 Å². The molecule has 0 unspecified atom stereocenters. The van der Waals surface area contributed by atoms with Crippen LogP contribution in [0.15, 0.2) is 96.4 Å². The smallest absolute Gasteiger partial charge is 0.254 e. The number of benzene rings is 3. The Morgan fingerprint density at radius 1 is 0.837 bits per heavy atom. The van der Waals surface area contributed by atoms with Crippen molar-refractivity contribution in [2.45, 2.75) is 32.4 Å². The number of carbonyl (C=O) groups excluding carboxylic acids is 3. The molecule has 0 saturated carbocycles. The van der Waals surface area contributed by atoms with Crippen molar-refractivity contribution in [1.29, 1.82) is 0 Å². The molecule has 3 amide bonds. The molecule has 5 rings (SSSR count). The van der Waals surface area contributed by atoms with Crippen molar-refractivity contribution >= 4 is 34.2 Å². The molecular weight excluding hydrogens is 558 g/mol. The summed E-state index contributed by atoms with van der Waals surface area (Å²) in [6.07, 6.45) is 0.178. The van der Waals surface area contributed by atoms with Crippen LogP contribution in [0.25, 0.3) is 0 Å². The second-order valence-corrected chi connectivity index (χ2v) is 11.8. The van der Waals surface area contributed by atoms with Gasteiger partial charge in [-0.1, -0.05) is 78.9 Å². The number of amides is 3. The molecule has 0 atom stereocenters. The number of nitrogens with zero attached hydrogens (tertiary/aromatic N) is 4. The van der Waals surface area contributed by atoms with Crippen LogP contribution >= 0.6 is 11.3 Å². The molecule has 1 N–H and O–H groups in total. The summed E-state index contributed by atoms with van der Waals surface area (Å²) in [5.74, 6) is -0.499. The molecule has 1 fully saturated rings. The lowest BCUT2D eigenvalue weighted by Gasteiger charge is -2.39. The third-order valence-electron chi connectivity index (χ3n) is 7.61. The fourth-order valence-corrected chi connectivity index (χ4v) is 6.10. The molecule has 2 heterocycles. The van der Waals surface area contributed by atoms with Crippen LogP contribution < -0.4 is 5.32 Å². The summed E-state index contributed by atoms with van der Waals surface area (Å²) in [6.45, 7) is 6.50. The number of hydrogen-bond acceptors (Lipinski definition) is 6. The first kappa shape index (κ1) is 30.1. The summed E-state index contributed by atoms with van der Waals surface area (Å²) in [5, 5.41) is 5.02. The second kappa shape index (κ2) is 14.2. The first-order valence-corrected chi connectivity index (χ1v) is 15.5. The van der Waals surface area contributed by atoms with Crippen LogP contribution in [0.4, 0.5) is 5.13 Å². The Balaban J connectivity index is 1.14. The first-order chi connectivity index (χ1) is 20.9. The van der Waals surface area contributed by atoms with Gasteiger partial charge in [-0.3, -0.25) is 19.3 Å². The summed E-state index contributed by atoms with van der Waals surface area (Å²) in [5.41, 5.74) is 3.65. The molecule has 9 heteroatoms. The van der Waals surface area contributed by atoms with Gasteiger partial charge < -0.3 is 15.1 Å². The Morgan fingerprint density at radius 3 is 1.95 bits per heavy atom. The summed E-state index contributed by atoms with van der Waals surface area (Å²) in [4.78, 5) is 49.3. The van der Waals surface area contributed by atoms with Crippen LogP contribution in [-0.4, -0.2) is 76.2 Å². The van der Waals surface area contributed by atoms with E-state index < -0.39 is 0 Å². The van der Waals surface area contributed by atoms with Crippen LogP contribution in [0.2, 0.25) is 0 Å². The van der Waals surface area contributed by atoms with Crippen LogP contribution in [0.3, 0.4) is 0 Å². The monoisotopic (exact) mass is 595 g/mol. The maximum atomic E-state index is 13.2. The maximum Gasteiger partial charge on any atom is 0.254 e. The van der Waals surface area contributed by atoms with Crippen LogP contribution in [0, 0.1) is 0 Å². The average Bonchev–Trinajstić information content (AvgIpc) is 3.47.